The molecule has 0 aliphatic heterocycles. The van der Waals surface area contributed by atoms with Crippen LogP contribution in [0.3, 0.4) is 0 Å². The molecule has 0 radical (unpaired) electrons. The highest BCUT2D eigenvalue weighted by atomic mass is 15.1. The minimum absolute atomic E-state index is 0.484. The van der Waals surface area contributed by atoms with E-state index in [2.05, 4.69) is 167 Å². The van der Waals surface area contributed by atoms with E-state index >= 15 is 0 Å². The summed E-state index contributed by atoms with van der Waals surface area (Å²) in [4.78, 5) is 31.8. The lowest BCUT2D eigenvalue weighted by atomic mass is 9.95. The maximum absolute atomic E-state index is 9.82. The maximum Gasteiger partial charge on any atom is 0.164 e. The standard InChI is InChI=1S/C100H58N12/c101-59-63-24-32-67(33-25-63)77-40-44-91-87(55-77)88-56-78(68-34-26-64(60-102)27-35-68)41-45-92(88)111(91)85-51-81(49-83(53-85)99-107-95(71-14-5-1-6-15-71)105-96(108-99)72-16-7-2-8-17-72)75-22-13-23-76(48-75)82-50-84(100-109-97(73-18-9-3-10-19-73)106-98(110-100)74-20-11-4-12-21-74)54-86(52-82)112-93-46-42-79(69-36-28-65(61-103)29-37-69)57-89(93)90-58-80(43-47-94(90)112)70-38-30-66(62-104)31-39-70/h1-58H. The molecule has 0 unspecified atom stereocenters. The van der Waals surface area contributed by atoms with Gasteiger partial charge in [-0.3, -0.25) is 0 Å². The van der Waals surface area contributed by atoms with Crippen molar-refractivity contribution < 1.29 is 0 Å². The second kappa shape index (κ2) is 28.3. The van der Waals surface area contributed by atoms with Crippen LogP contribution in [-0.4, -0.2) is 39.0 Å². The van der Waals surface area contributed by atoms with Crippen molar-refractivity contribution in [2.75, 3.05) is 0 Å². The molecule has 12 nitrogen and oxygen atoms in total. The van der Waals surface area contributed by atoms with Gasteiger partial charge in [0, 0.05) is 66.3 Å². The van der Waals surface area contributed by atoms with E-state index in [1.807, 2.05) is 218 Å². The molecular formula is C100H58N12. The summed E-state index contributed by atoms with van der Waals surface area (Å²) in [6.07, 6.45) is 0. The maximum atomic E-state index is 9.82. The summed E-state index contributed by atoms with van der Waals surface area (Å²) in [6.45, 7) is 0. The van der Waals surface area contributed by atoms with Gasteiger partial charge in [-0.2, -0.15) is 21.0 Å². The molecule has 4 heterocycles. The van der Waals surface area contributed by atoms with Gasteiger partial charge in [0.2, 0.25) is 0 Å². The molecule has 0 bridgehead atoms. The van der Waals surface area contributed by atoms with Gasteiger partial charge >= 0.3 is 0 Å². The highest BCUT2D eigenvalue weighted by molar-refractivity contribution is 6.13. The second-order valence-corrected chi connectivity index (χ2v) is 27.5. The third kappa shape index (κ3) is 12.6. The van der Waals surface area contributed by atoms with Crippen molar-refractivity contribution in [1.29, 1.82) is 21.0 Å². The number of rotatable bonds is 14. The van der Waals surface area contributed by atoms with E-state index in [1.165, 1.54) is 0 Å². The van der Waals surface area contributed by atoms with E-state index in [0.29, 0.717) is 57.2 Å². The van der Waals surface area contributed by atoms with Crippen molar-refractivity contribution in [3.8, 4) is 171 Å². The minimum atomic E-state index is 0.484. The summed E-state index contributed by atoms with van der Waals surface area (Å²) in [5, 5.41) is 43.3. The van der Waals surface area contributed by atoms with Gasteiger partial charge in [-0.1, -0.05) is 212 Å². The van der Waals surface area contributed by atoms with Crippen LogP contribution in [0.5, 0.6) is 0 Å². The van der Waals surface area contributed by atoms with Crippen LogP contribution in [0, 0.1) is 45.3 Å². The fourth-order valence-electron chi connectivity index (χ4n) is 15.1. The molecule has 19 aromatic rings. The van der Waals surface area contributed by atoms with Crippen LogP contribution in [0.25, 0.3) is 190 Å². The third-order valence-electron chi connectivity index (χ3n) is 20.7. The number of nitriles is 4. The summed E-state index contributed by atoms with van der Waals surface area (Å²) >= 11 is 0. The molecule has 518 valence electrons. The summed E-state index contributed by atoms with van der Waals surface area (Å²) < 4.78 is 4.66. The summed E-state index contributed by atoms with van der Waals surface area (Å²) in [5.74, 6) is 3.09. The molecule has 0 saturated heterocycles. The van der Waals surface area contributed by atoms with Crippen LogP contribution in [0.1, 0.15) is 22.3 Å². The Morgan fingerprint density at radius 2 is 0.375 bits per heavy atom. The highest BCUT2D eigenvalue weighted by Crippen LogP contribution is 2.44. The summed E-state index contributed by atoms with van der Waals surface area (Å²) in [6, 6.07) is 128. The number of hydrogen-bond acceptors (Lipinski definition) is 10. The van der Waals surface area contributed by atoms with Crippen molar-refractivity contribution in [2.24, 2.45) is 0 Å². The van der Waals surface area contributed by atoms with Crippen LogP contribution in [0.2, 0.25) is 0 Å². The van der Waals surface area contributed by atoms with Crippen molar-refractivity contribution in [3.63, 3.8) is 0 Å². The first-order valence-electron chi connectivity index (χ1n) is 36.6. The number of nitrogens with zero attached hydrogens (tertiary/aromatic N) is 12. The Morgan fingerprint density at radius 1 is 0.170 bits per heavy atom. The van der Waals surface area contributed by atoms with E-state index < -0.39 is 0 Å². The first kappa shape index (κ1) is 66.6. The zero-order valence-electron chi connectivity index (χ0n) is 59.9. The Hall–Kier alpha value is -16.1. The Morgan fingerprint density at radius 3 is 0.625 bits per heavy atom. The normalized spacial score (nSPS) is 11.2. The van der Waals surface area contributed by atoms with Gasteiger partial charge in [0.25, 0.3) is 0 Å². The topological polar surface area (TPSA) is 182 Å². The molecule has 15 aromatic carbocycles. The predicted molar refractivity (Wildman–Crippen MR) is 446 cm³/mol. The fourth-order valence-corrected chi connectivity index (χ4v) is 15.1. The first-order valence-corrected chi connectivity index (χ1v) is 36.6. The van der Waals surface area contributed by atoms with E-state index in [4.69, 9.17) is 29.9 Å². The average molecular weight is 1430 g/mol. The number of hydrogen-bond donors (Lipinski definition) is 0. The van der Waals surface area contributed by atoms with Crippen LogP contribution in [0.4, 0.5) is 0 Å². The fraction of sp³-hybridized carbons (Fsp3) is 0. The average Bonchev–Trinajstić information content (AvgIpc) is 1.58. The van der Waals surface area contributed by atoms with Gasteiger partial charge in [-0.05, 0) is 206 Å². The lowest BCUT2D eigenvalue weighted by molar-refractivity contribution is 1.07. The largest absolute Gasteiger partial charge is 0.309 e. The number of fused-ring (bicyclic) bond motifs is 6. The molecule has 12 heteroatoms. The molecule has 112 heavy (non-hydrogen) atoms. The van der Waals surface area contributed by atoms with Crippen molar-refractivity contribution >= 4 is 43.6 Å². The van der Waals surface area contributed by atoms with E-state index in [1.54, 1.807) is 0 Å². The molecular weight excluding hydrogens is 1370 g/mol. The highest BCUT2D eigenvalue weighted by Gasteiger charge is 2.23. The van der Waals surface area contributed by atoms with Crippen molar-refractivity contribution in [1.82, 2.24) is 39.0 Å². The molecule has 0 N–H and O–H groups in total. The van der Waals surface area contributed by atoms with Gasteiger partial charge in [0.1, 0.15) is 0 Å². The second-order valence-electron chi connectivity index (χ2n) is 27.5. The van der Waals surface area contributed by atoms with Crippen LogP contribution < -0.4 is 0 Å². The molecule has 0 saturated carbocycles. The predicted octanol–water partition coefficient (Wildman–Crippen LogP) is 23.7. The minimum Gasteiger partial charge on any atom is -0.309 e. The Labute approximate surface area is 644 Å². The van der Waals surface area contributed by atoms with Crippen molar-refractivity contribution in [2.45, 2.75) is 0 Å². The molecule has 0 aliphatic rings. The van der Waals surface area contributed by atoms with Gasteiger partial charge in [-0.25, -0.2) is 29.9 Å². The molecule has 0 fully saturated rings. The summed E-state index contributed by atoms with van der Waals surface area (Å²) in [7, 11) is 0. The van der Waals surface area contributed by atoms with Gasteiger partial charge in [-0.15, -0.1) is 0 Å². The molecule has 19 rings (SSSR count). The smallest absolute Gasteiger partial charge is 0.164 e. The Bertz CT molecular complexity index is 6340. The lowest BCUT2D eigenvalue weighted by Gasteiger charge is -2.16. The molecule has 0 aliphatic carbocycles. The lowest BCUT2D eigenvalue weighted by Crippen LogP contribution is -2.02. The molecule has 4 aromatic heterocycles. The van der Waals surface area contributed by atoms with E-state index in [9.17, 15) is 21.0 Å². The summed E-state index contributed by atoms with van der Waals surface area (Å²) in [5.41, 5.74) is 24.3. The Kier molecular flexibility index (Phi) is 16.8. The number of aromatic nitrogens is 8. The van der Waals surface area contributed by atoms with Crippen LogP contribution >= 0.6 is 0 Å². The van der Waals surface area contributed by atoms with Crippen LogP contribution in [0.15, 0.2) is 352 Å². The Balaban J connectivity index is 0.848. The van der Waals surface area contributed by atoms with Gasteiger partial charge in [0.05, 0.1) is 68.6 Å². The SMILES string of the molecule is N#Cc1ccc(-c2ccc3c(c2)c2cc(-c4ccc(C#N)cc4)ccc2n3-c2cc(-c3cccc(-c4cc(-c5nc(-c6ccccc6)nc(-c6ccccc6)n5)cc(-n5c6ccc(-c7ccc(C#N)cc7)cc6c6cc(-c7ccc(C#N)cc7)ccc65)c4)c3)cc(-c3nc(-c4ccccc4)nc(-c4ccccc4)n3)c2)cc1. The zero-order chi connectivity index (χ0) is 75.2. The van der Waals surface area contributed by atoms with E-state index in [0.717, 1.165) is 155 Å². The van der Waals surface area contributed by atoms with Gasteiger partial charge < -0.3 is 9.13 Å². The quantitative estimate of drug-likeness (QED) is 0.102. The first-order chi connectivity index (χ1) is 55.2. The molecule has 0 atom stereocenters. The zero-order valence-corrected chi connectivity index (χ0v) is 59.9. The van der Waals surface area contributed by atoms with Crippen LogP contribution in [-0.2, 0) is 0 Å². The van der Waals surface area contributed by atoms with E-state index in [-0.39, 0.29) is 0 Å². The number of benzene rings is 15. The molecule has 0 spiro atoms. The van der Waals surface area contributed by atoms with Gasteiger partial charge in [0.15, 0.2) is 34.9 Å². The van der Waals surface area contributed by atoms with Crippen molar-refractivity contribution in [3.05, 3.63) is 374 Å². The third-order valence-corrected chi connectivity index (χ3v) is 20.7. The monoisotopic (exact) mass is 1430 g/mol. The molecule has 0 amide bonds.